The highest BCUT2D eigenvalue weighted by atomic mass is 16.7. The van der Waals surface area contributed by atoms with Gasteiger partial charge in [0.2, 0.25) is 6.10 Å². The first-order valence-electron chi connectivity index (χ1n) is 5.45. The molecule has 0 saturated heterocycles. The lowest BCUT2D eigenvalue weighted by Crippen LogP contribution is -2.44. The van der Waals surface area contributed by atoms with Crippen molar-refractivity contribution in [3.8, 4) is 17.2 Å². The van der Waals surface area contributed by atoms with Gasteiger partial charge >= 0.3 is 0 Å². The van der Waals surface area contributed by atoms with Crippen LogP contribution in [0.15, 0.2) is 18.2 Å². The Hall–Kier alpha value is -1.95. The number of fused-ring (bicyclic) bond motifs is 1. The molecule has 1 aliphatic rings. The quantitative estimate of drug-likeness (QED) is 0.748. The van der Waals surface area contributed by atoms with Crippen molar-refractivity contribution in [3.63, 3.8) is 0 Å². The van der Waals surface area contributed by atoms with Crippen LogP contribution in [0.5, 0.6) is 17.2 Å². The van der Waals surface area contributed by atoms with Crippen molar-refractivity contribution < 1.29 is 23.8 Å². The predicted molar refractivity (Wildman–Crippen MR) is 62.7 cm³/mol. The van der Waals surface area contributed by atoms with E-state index in [9.17, 15) is 4.79 Å². The zero-order valence-electron chi connectivity index (χ0n) is 10.5. The molecule has 18 heavy (non-hydrogen) atoms. The number of benzene rings is 1. The van der Waals surface area contributed by atoms with Crippen molar-refractivity contribution in [2.45, 2.75) is 6.10 Å². The molecule has 0 saturated carbocycles. The Balaban J connectivity index is 2.15. The number of hydroxylamine groups is 2. The molecule has 0 radical (unpaired) electrons. The number of amides is 1. The smallest absolute Gasteiger partial charge is 0.290 e. The van der Waals surface area contributed by atoms with E-state index in [2.05, 4.69) is 0 Å². The van der Waals surface area contributed by atoms with E-state index < -0.39 is 6.10 Å². The Bertz CT molecular complexity index is 448. The van der Waals surface area contributed by atoms with Gasteiger partial charge in [-0.3, -0.25) is 9.63 Å². The van der Waals surface area contributed by atoms with Crippen LogP contribution in [-0.2, 0) is 9.63 Å². The summed E-state index contributed by atoms with van der Waals surface area (Å²) in [6.07, 6.45) is -0.713. The number of methoxy groups -OCH3 is 1. The van der Waals surface area contributed by atoms with Gasteiger partial charge in [0.15, 0.2) is 11.5 Å². The maximum absolute atomic E-state index is 11.9. The van der Waals surface area contributed by atoms with Crippen molar-refractivity contribution in [1.82, 2.24) is 5.06 Å². The summed E-state index contributed by atoms with van der Waals surface area (Å²) in [6.45, 7) is 0.159. The molecule has 1 aromatic carbocycles. The molecular weight excluding hydrogens is 238 g/mol. The Kier molecular flexibility index (Phi) is 3.57. The molecular formula is C12H15NO5. The minimum atomic E-state index is -0.713. The molecule has 1 atom stereocenters. The van der Waals surface area contributed by atoms with Gasteiger partial charge in [-0.05, 0) is 12.1 Å². The second-order valence-corrected chi connectivity index (χ2v) is 3.75. The van der Waals surface area contributed by atoms with Crippen LogP contribution >= 0.6 is 0 Å². The Morgan fingerprint density at radius 1 is 1.39 bits per heavy atom. The van der Waals surface area contributed by atoms with E-state index in [1.165, 1.54) is 14.2 Å². The fourth-order valence-corrected chi connectivity index (χ4v) is 1.59. The molecule has 0 bridgehead atoms. The highest BCUT2D eigenvalue weighted by Crippen LogP contribution is 2.35. The molecule has 0 fully saturated rings. The predicted octanol–water partition coefficient (Wildman–Crippen LogP) is 0.855. The molecule has 1 heterocycles. The van der Waals surface area contributed by atoms with Crippen molar-refractivity contribution in [2.24, 2.45) is 0 Å². The van der Waals surface area contributed by atoms with Crippen molar-refractivity contribution >= 4 is 5.91 Å². The minimum Gasteiger partial charge on any atom is -0.497 e. The van der Waals surface area contributed by atoms with E-state index in [0.717, 1.165) is 5.06 Å². The molecule has 6 heteroatoms. The van der Waals surface area contributed by atoms with Gasteiger partial charge in [-0.2, -0.15) is 0 Å². The number of hydrogen-bond acceptors (Lipinski definition) is 5. The summed E-state index contributed by atoms with van der Waals surface area (Å²) < 4.78 is 16.1. The van der Waals surface area contributed by atoms with Crippen molar-refractivity contribution in [1.29, 1.82) is 0 Å². The lowest BCUT2D eigenvalue weighted by atomic mass is 10.2. The summed E-state index contributed by atoms with van der Waals surface area (Å²) >= 11 is 0. The van der Waals surface area contributed by atoms with Crippen LogP contribution < -0.4 is 14.2 Å². The lowest BCUT2D eigenvalue weighted by Gasteiger charge is -2.28. The second-order valence-electron chi connectivity index (χ2n) is 3.75. The van der Waals surface area contributed by atoms with Crippen LogP contribution in [0.2, 0.25) is 0 Å². The number of hydrogen-bond donors (Lipinski definition) is 0. The average Bonchev–Trinajstić information content (AvgIpc) is 2.44. The van der Waals surface area contributed by atoms with E-state index >= 15 is 0 Å². The third kappa shape index (κ3) is 2.33. The molecule has 98 valence electrons. The van der Waals surface area contributed by atoms with E-state index in [4.69, 9.17) is 19.0 Å². The minimum absolute atomic E-state index is 0.159. The van der Waals surface area contributed by atoms with Gasteiger partial charge < -0.3 is 14.2 Å². The Morgan fingerprint density at radius 3 is 2.83 bits per heavy atom. The average molecular weight is 253 g/mol. The van der Waals surface area contributed by atoms with Gasteiger partial charge in [-0.15, -0.1) is 0 Å². The third-order valence-electron chi connectivity index (χ3n) is 2.67. The molecule has 0 aliphatic carbocycles. The maximum atomic E-state index is 11.9. The molecule has 1 unspecified atom stereocenters. The van der Waals surface area contributed by atoms with E-state index in [0.29, 0.717) is 17.2 Å². The summed E-state index contributed by atoms with van der Waals surface area (Å²) in [7, 11) is 4.50. The van der Waals surface area contributed by atoms with Crippen LogP contribution in [-0.4, -0.2) is 44.9 Å². The van der Waals surface area contributed by atoms with Crippen molar-refractivity contribution in [2.75, 3.05) is 27.9 Å². The third-order valence-corrected chi connectivity index (χ3v) is 2.67. The van der Waals surface area contributed by atoms with Crippen LogP contribution in [0.1, 0.15) is 0 Å². The van der Waals surface area contributed by atoms with Gasteiger partial charge in [0.1, 0.15) is 12.4 Å². The molecule has 2 rings (SSSR count). The molecule has 0 aromatic heterocycles. The molecule has 1 aliphatic heterocycles. The summed E-state index contributed by atoms with van der Waals surface area (Å²) in [4.78, 5) is 16.7. The van der Waals surface area contributed by atoms with Crippen LogP contribution in [0.3, 0.4) is 0 Å². The fraction of sp³-hybridized carbons (Fsp3) is 0.417. The second kappa shape index (κ2) is 5.14. The normalized spacial score (nSPS) is 17.2. The van der Waals surface area contributed by atoms with E-state index in [-0.39, 0.29) is 12.5 Å². The fourth-order valence-electron chi connectivity index (χ4n) is 1.59. The standard InChI is InChI=1S/C12H15NO5/c1-13(16-3)12(14)11-7-17-9-5-4-8(15-2)6-10(9)18-11/h4-6,11H,7H2,1-3H3. The number of carbonyl (C=O) groups excluding carboxylic acids is 1. The summed E-state index contributed by atoms with van der Waals surface area (Å²) in [6, 6.07) is 5.20. The zero-order valence-corrected chi connectivity index (χ0v) is 10.5. The largest absolute Gasteiger partial charge is 0.497 e. The lowest BCUT2D eigenvalue weighted by molar-refractivity contribution is -0.178. The Labute approximate surface area is 105 Å². The summed E-state index contributed by atoms with van der Waals surface area (Å²) in [5, 5.41) is 1.11. The first kappa shape index (κ1) is 12.5. The summed E-state index contributed by atoms with van der Waals surface area (Å²) in [5.41, 5.74) is 0. The van der Waals surface area contributed by atoms with Gasteiger partial charge in [-0.25, -0.2) is 5.06 Å². The van der Waals surface area contributed by atoms with Gasteiger partial charge in [0, 0.05) is 13.1 Å². The van der Waals surface area contributed by atoms with E-state index in [1.807, 2.05) is 0 Å². The van der Waals surface area contributed by atoms with Gasteiger partial charge in [0.05, 0.1) is 14.2 Å². The highest BCUT2D eigenvalue weighted by Gasteiger charge is 2.30. The number of likely N-dealkylation sites (N-methyl/N-ethyl adjacent to an activating group) is 1. The Morgan fingerprint density at radius 2 is 2.17 bits per heavy atom. The summed E-state index contributed by atoms with van der Waals surface area (Å²) in [5.74, 6) is 1.43. The molecule has 0 spiro atoms. The zero-order chi connectivity index (χ0) is 13.1. The number of carbonyl (C=O) groups is 1. The molecule has 6 nitrogen and oxygen atoms in total. The number of nitrogens with zero attached hydrogens (tertiary/aromatic N) is 1. The maximum Gasteiger partial charge on any atom is 0.290 e. The van der Waals surface area contributed by atoms with Gasteiger partial charge in [-0.1, -0.05) is 0 Å². The highest BCUT2D eigenvalue weighted by molar-refractivity contribution is 5.80. The van der Waals surface area contributed by atoms with Gasteiger partial charge in [0.25, 0.3) is 5.91 Å². The van der Waals surface area contributed by atoms with Crippen LogP contribution in [0.25, 0.3) is 0 Å². The SMILES string of the molecule is COc1ccc2c(c1)OC(C(=O)N(C)OC)CO2. The first-order chi connectivity index (χ1) is 8.65. The number of rotatable bonds is 3. The molecule has 1 aromatic rings. The van der Waals surface area contributed by atoms with Crippen LogP contribution in [0.4, 0.5) is 0 Å². The number of ether oxygens (including phenoxy) is 3. The topological polar surface area (TPSA) is 57.2 Å². The first-order valence-corrected chi connectivity index (χ1v) is 5.45. The van der Waals surface area contributed by atoms with Crippen LogP contribution in [0, 0.1) is 0 Å². The molecule has 1 amide bonds. The monoisotopic (exact) mass is 253 g/mol. The molecule has 0 N–H and O–H groups in total. The van der Waals surface area contributed by atoms with E-state index in [1.54, 1.807) is 25.3 Å². The van der Waals surface area contributed by atoms with Crippen molar-refractivity contribution in [3.05, 3.63) is 18.2 Å².